The fourth-order valence-electron chi connectivity index (χ4n) is 4.71. The number of anilines is 1. The van der Waals surface area contributed by atoms with Crippen LogP contribution in [0.4, 0.5) is 14.5 Å². The number of amides is 1. The van der Waals surface area contributed by atoms with Crippen molar-refractivity contribution in [3.8, 4) is 0 Å². The van der Waals surface area contributed by atoms with E-state index in [-0.39, 0.29) is 29.0 Å². The molecule has 0 radical (unpaired) electrons. The summed E-state index contributed by atoms with van der Waals surface area (Å²) in [6, 6.07) is 21.8. The molecular weight excluding hydrogens is 608 g/mol. The average Bonchev–Trinajstić information content (AvgIpc) is 3.00. The number of hydrogen-bond acceptors (Lipinski definition) is 5. The molecule has 0 saturated carbocycles. The summed E-state index contributed by atoms with van der Waals surface area (Å²) in [6.07, 6.45) is -0.277. The Hall–Kier alpha value is -3.83. The van der Waals surface area contributed by atoms with Crippen molar-refractivity contribution in [2.45, 2.75) is 43.4 Å². The third kappa shape index (κ3) is 8.63. The Morgan fingerprint density at radius 3 is 2.18 bits per heavy atom. The molecule has 0 bridgehead atoms. The van der Waals surface area contributed by atoms with E-state index in [0.29, 0.717) is 17.3 Å². The highest BCUT2D eigenvalue weighted by molar-refractivity contribution is 7.92. The highest BCUT2D eigenvalue weighted by Crippen LogP contribution is 2.24. The van der Waals surface area contributed by atoms with Crippen molar-refractivity contribution in [3.63, 3.8) is 0 Å². The first kappa shape index (κ1) is 33.1. The summed E-state index contributed by atoms with van der Waals surface area (Å²) in [4.78, 5) is 13.2. The van der Waals surface area contributed by atoms with Crippen LogP contribution in [-0.2, 0) is 29.4 Å². The van der Waals surface area contributed by atoms with Crippen LogP contribution < -0.4 is 14.9 Å². The number of nitrogens with zero attached hydrogens (tertiary/aromatic N) is 1. The minimum atomic E-state index is -3.93. The standard InChI is InChI=1S/C33H34ClF2N3O4S/c1-3-22-5-4-6-23(15-22)20-37-21-32(40)31(18-24-16-27(35)19-28(36)17-24)38-33(41)25-7-13-30(14-8-25)44(42,43)39(2)29-11-9-26(34)10-12-29/h4-17,19,31-32,37,40H,3,18,20-21H2,1-2H3,(H,38,41). The largest absolute Gasteiger partial charge is 0.390 e. The number of aryl methyl sites for hydroxylation is 1. The normalized spacial score (nSPS) is 12.9. The van der Waals surface area contributed by atoms with E-state index in [1.165, 1.54) is 36.9 Å². The van der Waals surface area contributed by atoms with Gasteiger partial charge in [0.15, 0.2) is 0 Å². The van der Waals surface area contributed by atoms with Gasteiger partial charge in [0, 0.05) is 36.8 Å². The van der Waals surface area contributed by atoms with Crippen LogP contribution in [0.15, 0.2) is 95.9 Å². The molecule has 1 amide bonds. The van der Waals surface area contributed by atoms with Crippen molar-refractivity contribution >= 4 is 33.2 Å². The molecule has 2 unspecified atom stereocenters. The third-order valence-electron chi connectivity index (χ3n) is 7.21. The Morgan fingerprint density at radius 2 is 1.55 bits per heavy atom. The highest BCUT2D eigenvalue weighted by Gasteiger charge is 2.25. The molecule has 3 N–H and O–H groups in total. The maximum absolute atomic E-state index is 13.9. The first-order valence-electron chi connectivity index (χ1n) is 14.0. The predicted octanol–water partition coefficient (Wildman–Crippen LogP) is 5.50. The molecule has 0 heterocycles. The number of aliphatic hydroxyl groups is 1. The molecule has 44 heavy (non-hydrogen) atoms. The third-order valence-corrected chi connectivity index (χ3v) is 9.26. The molecule has 4 aromatic carbocycles. The van der Waals surface area contributed by atoms with Crippen LogP contribution in [0.25, 0.3) is 0 Å². The summed E-state index contributed by atoms with van der Waals surface area (Å²) in [5.74, 6) is -2.13. The fourth-order valence-corrected chi connectivity index (χ4v) is 6.03. The Morgan fingerprint density at radius 1 is 0.909 bits per heavy atom. The zero-order valence-corrected chi connectivity index (χ0v) is 25.9. The van der Waals surface area contributed by atoms with E-state index in [1.54, 1.807) is 24.3 Å². The number of sulfonamides is 1. The van der Waals surface area contributed by atoms with Gasteiger partial charge in [-0.05, 0) is 90.2 Å². The summed E-state index contributed by atoms with van der Waals surface area (Å²) in [6.45, 7) is 2.62. The zero-order chi connectivity index (χ0) is 31.9. The van der Waals surface area contributed by atoms with Crippen LogP contribution in [0, 0.1) is 11.6 Å². The molecule has 0 aromatic heterocycles. The number of benzene rings is 4. The molecular formula is C33H34ClF2N3O4S. The number of nitrogens with one attached hydrogen (secondary N) is 2. The van der Waals surface area contributed by atoms with E-state index >= 15 is 0 Å². The molecule has 232 valence electrons. The van der Waals surface area contributed by atoms with Gasteiger partial charge in [0.25, 0.3) is 15.9 Å². The summed E-state index contributed by atoms with van der Waals surface area (Å²) >= 11 is 5.91. The second-order valence-corrected chi connectivity index (χ2v) is 12.8. The van der Waals surface area contributed by atoms with E-state index in [2.05, 4.69) is 23.6 Å². The van der Waals surface area contributed by atoms with Gasteiger partial charge in [0.05, 0.1) is 22.7 Å². The van der Waals surface area contributed by atoms with Crippen LogP contribution in [0.3, 0.4) is 0 Å². The van der Waals surface area contributed by atoms with Gasteiger partial charge in [-0.25, -0.2) is 17.2 Å². The lowest BCUT2D eigenvalue weighted by molar-refractivity contribution is 0.0829. The minimum Gasteiger partial charge on any atom is -0.390 e. The van der Waals surface area contributed by atoms with E-state index in [0.717, 1.165) is 34.5 Å². The summed E-state index contributed by atoms with van der Waals surface area (Å²) in [5, 5.41) is 17.5. The topological polar surface area (TPSA) is 98.7 Å². The Balaban J connectivity index is 1.48. The molecule has 11 heteroatoms. The molecule has 0 aliphatic rings. The Kier molecular flexibility index (Phi) is 11.1. The van der Waals surface area contributed by atoms with Crippen molar-refractivity contribution in [2.24, 2.45) is 0 Å². The highest BCUT2D eigenvalue weighted by atomic mass is 35.5. The molecule has 0 spiro atoms. The van der Waals surface area contributed by atoms with Crippen molar-refractivity contribution < 1.29 is 27.1 Å². The molecule has 0 saturated heterocycles. The second-order valence-electron chi connectivity index (χ2n) is 10.4. The summed E-state index contributed by atoms with van der Waals surface area (Å²) in [7, 11) is -2.52. The van der Waals surface area contributed by atoms with Crippen molar-refractivity contribution in [1.29, 1.82) is 0 Å². The van der Waals surface area contributed by atoms with Crippen LogP contribution in [-0.4, -0.2) is 45.2 Å². The molecule has 0 aliphatic carbocycles. The summed E-state index contributed by atoms with van der Waals surface area (Å²) in [5.41, 5.74) is 3.02. The van der Waals surface area contributed by atoms with Crippen molar-refractivity contribution in [3.05, 3.63) is 130 Å². The average molecular weight is 642 g/mol. The number of rotatable bonds is 13. The summed E-state index contributed by atoms with van der Waals surface area (Å²) < 4.78 is 55.2. The van der Waals surface area contributed by atoms with Gasteiger partial charge in [-0.2, -0.15) is 0 Å². The van der Waals surface area contributed by atoms with Gasteiger partial charge in [0.1, 0.15) is 11.6 Å². The van der Waals surface area contributed by atoms with Crippen LogP contribution >= 0.6 is 11.6 Å². The van der Waals surface area contributed by atoms with Crippen LogP contribution in [0.1, 0.15) is 34.0 Å². The number of hydrogen-bond donors (Lipinski definition) is 3. The first-order valence-corrected chi connectivity index (χ1v) is 15.8. The second kappa shape index (κ2) is 14.8. The molecule has 4 rings (SSSR count). The lowest BCUT2D eigenvalue weighted by Crippen LogP contribution is -2.48. The number of carbonyl (C=O) groups excluding carboxylic acids is 1. The number of halogens is 3. The van der Waals surface area contributed by atoms with Gasteiger partial charge in [-0.15, -0.1) is 0 Å². The quantitative estimate of drug-likeness (QED) is 0.179. The maximum atomic E-state index is 13.9. The van der Waals surface area contributed by atoms with E-state index in [9.17, 15) is 27.1 Å². The van der Waals surface area contributed by atoms with Crippen LogP contribution in [0.5, 0.6) is 0 Å². The number of aliphatic hydroxyl groups excluding tert-OH is 1. The van der Waals surface area contributed by atoms with Crippen LogP contribution in [0.2, 0.25) is 5.02 Å². The zero-order valence-electron chi connectivity index (χ0n) is 24.3. The van der Waals surface area contributed by atoms with E-state index in [4.69, 9.17) is 11.6 Å². The molecule has 4 aromatic rings. The van der Waals surface area contributed by atoms with Gasteiger partial charge in [0.2, 0.25) is 0 Å². The molecule has 7 nitrogen and oxygen atoms in total. The molecule has 0 aliphatic heterocycles. The lowest BCUT2D eigenvalue weighted by atomic mass is 10.00. The van der Waals surface area contributed by atoms with E-state index in [1.807, 2.05) is 18.2 Å². The van der Waals surface area contributed by atoms with E-state index < -0.39 is 39.7 Å². The number of carbonyl (C=O) groups is 1. The van der Waals surface area contributed by atoms with Crippen molar-refractivity contribution in [1.82, 2.24) is 10.6 Å². The van der Waals surface area contributed by atoms with Gasteiger partial charge in [-0.3, -0.25) is 9.10 Å². The Labute approximate surface area is 261 Å². The molecule has 2 atom stereocenters. The lowest BCUT2D eigenvalue weighted by Gasteiger charge is -2.25. The van der Waals surface area contributed by atoms with Crippen molar-refractivity contribution in [2.75, 3.05) is 17.9 Å². The first-order chi connectivity index (χ1) is 21.0. The smallest absolute Gasteiger partial charge is 0.264 e. The predicted molar refractivity (Wildman–Crippen MR) is 168 cm³/mol. The minimum absolute atomic E-state index is 0.0327. The maximum Gasteiger partial charge on any atom is 0.264 e. The van der Waals surface area contributed by atoms with Gasteiger partial charge >= 0.3 is 0 Å². The molecule has 0 fully saturated rings. The Bertz CT molecular complexity index is 1670. The van der Waals surface area contributed by atoms with Gasteiger partial charge < -0.3 is 15.7 Å². The fraction of sp³-hybridized carbons (Fsp3) is 0.242. The SMILES string of the molecule is CCc1cccc(CNCC(O)C(Cc2cc(F)cc(F)c2)NC(=O)c2ccc(S(=O)(=O)N(C)c3ccc(Cl)cc3)cc2)c1. The van der Waals surface area contributed by atoms with Gasteiger partial charge in [-0.1, -0.05) is 42.8 Å². The monoisotopic (exact) mass is 641 g/mol.